The molecule has 5 aromatic rings. The number of methoxy groups -OCH3 is 1. The third kappa shape index (κ3) is 32.4. The van der Waals surface area contributed by atoms with Gasteiger partial charge in [-0.3, -0.25) is 19.8 Å². The molecule has 5 aromatic heterocycles. The summed E-state index contributed by atoms with van der Waals surface area (Å²) in [5.74, 6) is 2.08. The van der Waals surface area contributed by atoms with Crippen LogP contribution < -0.4 is 15.5 Å². The molecule has 0 bridgehead atoms. The molecule has 6 aliphatic rings. The van der Waals surface area contributed by atoms with Crippen LogP contribution in [0.3, 0.4) is 0 Å². The van der Waals surface area contributed by atoms with Gasteiger partial charge >= 0.3 is 52.8 Å². The van der Waals surface area contributed by atoms with Gasteiger partial charge in [0, 0.05) is 104 Å². The third-order valence-corrected chi connectivity index (χ3v) is 16.2. The fourth-order valence-corrected chi connectivity index (χ4v) is 9.08. The largest absolute Gasteiger partial charge is 0.534 e. The van der Waals surface area contributed by atoms with Crippen LogP contribution in [0.5, 0.6) is 5.88 Å². The molecule has 11 rings (SSSR count). The third-order valence-electron chi connectivity index (χ3n) is 12.3. The van der Waals surface area contributed by atoms with Crippen molar-refractivity contribution >= 4 is 98.7 Å². The van der Waals surface area contributed by atoms with Crippen molar-refractivity contribution in [1.82, 2.24) is 49.8 Å². The topological polar surface area (TPSA) is 363 Å². The van der Waals surface area contributed by atoms with E-state index in [9.17, 15) is 79.2 Å². The van der Waals surface area contributed by atoms with Gasteiger partial charge in [0.2, 0.25) is 5.88 Å². The summed E-state index contributed by atoms with van der Waals surface area (Å²) in [6, 6.07) is 8.98. The Morgan fingerprint density at radius 3 is 1.40 bits per heavy atom. The average Bonchev–Trinajstić information content (AvgIpc) is 1.77. The maximum atomic E-state index is 12.0. The molecular formula is C55H68Br3F9N12O12S3. The van der Waals surface area contributed by atoms with E-state index in [-0.39, 0.29) is 29.6 Å². The van der Waals surface area contributed by atoms with Gasteiger partial charge in [-0.2, -0.15) is 64.8 Å². The number of aromatic nitrogens is 10. The monoisotopic (exact) mass is 1590 g/mol. The highest BCUT2D eigenvalue weighted by Crippen LogP contribution is 2.42. The standard InChI is InChI=1S/C9H11BrN2.C9H12N2.C9H10N2.C8H7F3N2O3S.C7H8N2O.C7H10O3.C3H6.C2F6O5S2.CH4N2.Br2/c1-2-7-5-8(6-3-4-6)12-9(10)11-7;2*1-2-8-5-9(7-3-4-7)11-6-10-8;9-8(10,11)17(14,15)16-7-3-6(5-1-2-5)12-4-13-7;10-7-3-6(5-1-2-5)8-4-9-7;1-10-7(9)4-6(8)5-2-3-5;1-3-2;3-1(4,5)14(9,10)13-15(11,12)2(6,7)8;2-1-3;1-2/h5-6H,2-4H2,1H3;5-7H,2-4H2,1H3;2,5-7H,1,3-4H2;3-5H,1-2H2;3-5H,1-2H2,(H,8,9,10);5H,2-4H2,1H3;3H,1H2,2H3;;1H,(H3,2,3);. The molecule has 6 aliphatic carbocycles. The van der Waals surface area contributed by atoms with Crippen LogP contribution in [0.25, 0.3) is 6.08 Å². The van der Waals surface area contributed by atoms with Crippen molar-refractivity contribution in [3.8, 4) is 5.88 Å². The number of Topliss-reactive ketones (excluding diaryl/α,β-unsaturated/α-hetero) is 1. The van der Waals surface area contributed by atoms with Crippen LogP contribution in [-0.2, 0) is 61.2 Å². The summed E-state index contributed by atoms with van der Waals surface area (Å²) in [5, 5.41) is 5.86. The zero-order valence-electron chi connectivity index (χ0n) is 50.7. The van der Waals surface area contributed by atoms with E-state index < -0.39 is 58.7 Å². The van der Waals surface area contributed by atoms with Gasteiger partial charge in [-0.1, -0.05) is 26.5 Å². The number of carbonyl (C=O) groups is 2. The Bertz CT molecular complexity index is 3610. The average molecular weight is 1600 g/mol. The first kappa shape index (κ1) is 83.8. The number of allylic oxidation sites excluding steroid dienone is 1. The molecule has 0 amide bonds. The zero-order chi connectivity index (χ0) is 71.3. The molecule has 39 heteroatoms. The van der Waals surface area contributed by atoms with Gasteiger partial charge < -0.3 is 19.6 Å². The summed E-state index contributed by atoms with van der Waals surface area (Å²) in [4.78, 5) is 71.0. The number of ketones is 1. The van der Waals surface area contributed by atoms with Gasteiger partial charge in [0.25, 0.3) is 5.56 Å². The second-order valence-electron chi connectivity index (χ2n) is 20.2. The van der Waals surface area contributed by atoms with Crippen LogP contribution in [0.2, 0.25) is 0 Å². The van der Waals surface area contributed by atoms with Crippen LogP contribution in [0, 0.1) is 11.3 Å². The molecule has 0 spiro atoms. The number of alkyl halides is 9. The lowest BCUT2D eigenvalue weighted by atomic mass is 10.2. The predicted molar refractivity (Wildman–Crippen MR) is 337 cm³/mol. The highest BCUT2D eigenvalue weighted by molar-refractivity contribution is 9.93. The Balaban J connectivity index is 0.000000368. The van der Waals surface area contributed by atoms with E-state index in [4.69, 9.17) is 5.41 Å². The highest BCUT2D eigenvalue weighted by Gasteiger charge is 2.57. The van der Waals surface area contributed by atoms with Crippen molar-refractivity contribution in [2.75, 3.05) is 7.11 Å². The second-order valence-corrected chi connectivity index (χ2v) is 25.7. The van der Waals surface area contributed by atoms with Gasteiger partial charge in [-0.25, -0.2) is 44.9 Å². The Morgan fingerprint density at radius 2 is 1.01 bits per heavy atom. The van der Waals surface area contributed by atoms with E-state index >= 15 is 0 Å². The SMILES string of the molecule is BrBr.C=CC.C=Cc1cc(C2CC2)ncn1.CCc1cc(C2CC2)nc(Br)n1.CCc1cc(C2CC2)ncn1.COC(=O)CC(=O)C1CC1.N=CN.O=S(=O)(OS(=O)(=O)C(F)(F)F)C(F)(F)F.O=S(=O)(Oc1cc(C2CC2)ncn1)C(F)(F)F.O=c1cc(C2CC2)nc[nH]1. The van der Waals surface area contributed by atoms with Gasteiger partial charge in [0.1, 0.15) is 31.2 Å². The summed E-state index contributed by atoms with van der Waals surface area (Å²) in [7, 11) is -18.1. The van der Waals surface area contributed by atoms with E-state index in [0.29, 0.717) is 17.5 Å². The Kier molecular flexibility index (Phi) is 35.4. The summed E-state index contributed by atoms with van der Waals surface area (Å²) in [6.07, 6.45) is 25.8. The molecule has 94 heavy (non-hydrogen) atoms. The van der Waals surface area contributed by atoms with Crippen molar-refractivity contribution in [3.05, 3.63) is 136 Å². The number of aromatic amines is 1. The molecule has 0 aromatic carbocycles. The summed E-state index contributed by atoms with van der Waals surface area (Å²) < 4.78 is 177. The van der Waals surface area contributed by atoms with Crippen LogP contribution in [0.15, 0.2) is 84.4 Å². The molecule has 5 heterocycles. The van der Waals surface area contributed by atoms with Crippen LogP contribution in [-0.4, -0.2) is 117 Å². The number of esters is 1. The first-order chi connectivity index (χ1) is 44.0. The van der Waals surface area contributed by atoms with Crippen LogP contribution in [0.1, 0.15) is 179 Å². The van der Waals surface area contributed by atoms with Crippen LogP contribution in [0.4, 0.5) is 39.5 Å². The quantitative estimate of drug-likeness (QED) is 0.0101. The van der Waals surface area contributed by atoms with Crippen LogP contribution >= 0.6 is 44.2 Å². The number of rotatable bonds is 15. The number of aryl methyl sites for hydroxylation is 2. The maximum Gasteiger partial charge on any atom is 0.534 e. The molecule has 522 valence electrons. The van der Waals surface area contributed by atoms with E-state index in [1.807, 2.05) is 16.6 Å². The maximum absolute atomic E-state index is 12.0. The van der Waals surface area contributed by atoms with E-state index in [2.05, 4.69) is 148 Å². The van der Waals surface area contributed by atoms with Gasteiger partial charge in [-0.15, -0.1) is 10.2 Å². The number of H-pyrrole nitrogens is 1. The van der Waals surface area contributed by atoms with Gasteiger partial charge in [0.05, 0.1) is 36.9 Å². The van der Waals surface area contributed by atoms with Crippen molar-refractivity contribution in [2.24, 2.45) is 11.7 Å². The highest BCUT2D eigenvalue weighted by atomic mass is 80.9. The van der Waals surface area contributed by atoms with E-state index in [1.54, 1.807) is 30.9 Å². The first-order valence-corrected chi connectivity index (χ1v) is 36.8. The lowest BCUT2D eigenvalue weighted by Crippen LogP contribution is -2.34. The number of ether oxygens (including phenoxy) is 1. The number of nitrogens with zero attached hydrogens (tertiary/aromatic N) is 9. The first-order valence-electron chi connectivity index (χ1n) is 28.0. The fourth-order valence-electron chi connectivity index (χ4n) is 6.67. The Morgan fingerprint density at radius 1 is 0.617 bits per heavy atom. The van der Waals surface area contributed by atoms with Crippen molar-refractivity contribution in [3.63, 3.8) is 0 Å². The lowest BCUT2D eigenvalue weighted by Gasteiger charge is -2.09. The van der Waals surface area contributed by atoms with Crippen molar-refractivity contribution < 1.29 is 86.9 Å². The molecule has 6 saturated carbocycles. The molecule has 0 atom stereocenters. The minimum atomic E-state index is -6.85. The molecule has 6 fully saturated rings. The summed E-state index contributed by atoms with van der Waals surface area (Å²) >= 11 is 8.83. The number of halogens is 12. The number of carbonyl (C=O) groups excluding carboxylic acids is 2. The van der Waals surface area contributed by atoms with E-state index in [0.717, 1.165) is 90.9 Å². The lowest BCUT2D eigenvalue weighted by molar-refractivity contribution is -0.143. The molecule has 0 saturated heterocycles. The smallest absolute Gasteiger partial charge is 0.469 e. The Hall–Kier alpha value is -6.29. The fraction of sp³-hybridized carbons (Fsp3) is 0.509. The predicted octanol–water partition coefficient (Wildman–Crippen LogP) is 12.5. The Labute approximate surface area is 560 Å². The number of hydrogen-bond acceptors (Lipinski definition) is 22. The molecule has 24 nitrogen and oxygen atoms in total. The summed E-state index contributed by atoms with van der Waals surface area (Å²) in [5.41, 5.74) is -5.31. The molecule has 0 unspecified atom stereocenters. The molecular weight excluding hydrogens is 1530 g/mol. The van der Waals surface area contributed by atoms with Crippen molar-refractivity contribution in [2.45, 2.75) is 163 Å². The second kappa shape index (κ2) is 39.7. The molecule has 0 radical (unpaired) electrons. The molecule has 0 aliphatic heterocycles. The minimum Gasteiger partial charge on any atom is -0.469 e. The minimum absolute atomic E-state index is 0.0341. The number of nitrogens with two attached hydrogens (primary N) is 1. The number of hydrogen-bond donors (Lipinski definition) is 3. The molecule has 4 N–H and O–H groups in total. The number of nitrogens with one attached hydrogen (secondary N) is 2. The van der Waals surface area contributed by atoms with Gasteiger partial charge in [0.15, 0.2) is 4.73 Å². The van der Waals surface area contributed by atoms with E-state index in [1.165, 1.54) is 87.6 Å². The zero-order valence-corrected chi connectivity index (χ0v) is 57.9. The van der Waals surface area contributed by atoms with Crippen molar-refractivity contribution in [1.29, 1.82) is 5.41 Å². The normalized spacial score (nSPS) is 15.4. The van der Waals surface area contributed by atoms with Gasteiger partial charge in [-0.05, 0) is 137 Å². The summed E-state index contributed by atoms with van der Waals surface area (Å²) in [6.45, 7) is 13.2.